The van der Waals surface area contributed by atoms with Crippen molar-refractivity contribution < 1.29 is 22.8 Å². The fourth-order valence-electron chi connectivity index (χ4n) is 4.56. The van der Waals surface area contributed by atoms with E-state index in [1.165, 1.54) is 16.7 Å². The molecular formula is C25H27F3N4O3. The lowest BCUT2D eigenvalue weighted by atomic mass is 10.0. The summed E-state index contributed by atoms with van der Waals surface area (Å²) in [5.41, 5.74) is 0.714. The smallest absolute Gasteiger partial charge is 0.347 e. The predicted octanol–water partition coefficient (Wildman–Crippen LogP) is 3.71. The molecule has 35 heavy (non-hydrogen) atoms. The van der Waals surface area contributed by atoms with Crippen LogP contribution in [0.2, 0.25) is 0 Å². The number of aromatic nitrogens is 2. The molecule has 1 atom stereocenters. The first-order chi connectivity index (χ1) is 16.7. The Labute approximate surface area is 200 Å². The zero-order valence-electron chi connectivity index (χ0n) is 19.3. The number of hydrogen-bond acceptors (Lipinski definition) is 3. The van der Waals surface area contributed by atoms with Gasteiger partial charge in [0.2, 0.25) is 11.8 Å². The predicted molar refractivity (Wildman–Crippen MR) is 125 cm³/mol. The molecule has 0 aliphatic carbocycles. The minimum absolute atomic E-state index is 0.0406. The van der Waals surface area contributed by atoms with Gasteiger partial charge in [-0.3, -0.25) is 18.7 Å². The Morgan fingerprint density at radius 1 is 1.06 bits per heavy atom. The highest BCUT2D eigenvalue weighted by molar-refractivity contribution is 5.79. The normalized spacial score (nSPS) is 15.1. The average Bonchev–Trinajstić information content (AvgIpc) is 3.35. The monoisotopic (exact) mass is 488 g/mol. The summed E-state index contributed by atoms with van der Waals surface area (Å²) in [6.45, 7) is 3.05. The van der Waals surface area contributed by atoms with Crippen molar-refractivity contribution in [1.82, 2.24) is 19.4 Å². The maximum absolute atomic E-state index is 13.3. The van der Waals surface area contributed by atoms with Gasteiger partial charge in [0.25, 0.3) is 0 Å². The summed E-state index contributed by atoms with van der Waals surface area (Å²) in [7, 11) is 0. The number of carbonyl (C=O) groups excluding carboxylic acids is 2. The lowest BCUT2D eigenvalue weighted by Crippen LogP contribution is -2.39. The van der Waals surface area contributed by atoms with Crippen LogP contribution in [0.5, 0.6) is 0 Å². The number of nitrogens with zero attached hydrogens (tertiary/aromatic N) is 3. The Balaban J connectivity index is 1.54. The van der Waals surface area contributed by atoms with Crippen LogP contribution in [0, 0.1) is 0 Å². The van der Waals surface area contributed by atoms with Gasteiger partial charge in [0.1, 0.15) is 0 Å². The minimum Gasteiger partial charge on any atom is -0.347 e. The fourth-order valence-corrected chi connectivity index (χ4v) is 4.56. The highest BCUT2D eigenvalue weighted by Crippen LogP contribution is 2.31. The number of aryl methyl sites for hydroxylation is 2. The first-order valence-electron chi connectivity index (χ1n) is 11.6. The second-order valence-corrected chi connectivity index (χ2v) is 8.60. The number of carbonyl (C=O) groups is 2. The third kappa shape index (κ3) is 5.26. The van der Waals surface area contributed by atoms with Crippen LogP contribution in [0.4, 0.5) is 13.2 Å². The molecule has 1 aliphatic heterocycles. The molecule has 1 saturated heterocycles. The third-order valence-electron chi connectivity index (χ3n) is 6.33. The van der Waals surface area contributed by atoms with Gasteiger partial charge in [0.05, 0.1) is 22.6 Å². The van der Waals surface area contributed by atoms with Crippen LogP contribution < -0.4 is 11.0 Å². The fraction of sp³-hybridized carbons (Fsp3) is 0.400. The Bertz CT molecular complexity index is 1300. The van der Waals surface area contributed by atoms with E-state index in [1.807, 2.05) is 31.2 Å². The van der Waals surface area contributed by atoms with Gasteiger partial charge in [0.15, 0.2) is 0 Å². The summed E-state index contributed by atoms with van der Waals surface area (Å²) < 4.78 is 43.0. The topological polar surface area (TPSA) is 76.3 Å². The van der Waals surface area contributed by atoms with E-state index >= 15 is 0 Å². The van der Waals surface area contributed by atoms with E-state index in [9.17, 15) is 27.6 Å². The highest BCUT2D eigenvalue weighted by Gasteiger charge is 2.32. The highest BCUT2D eigenvalue weighted by atomic mass is 19.4. The number of hydrogen-bond donors (Lipinski definition) is 1. The van der Waals surface area contributed by atoms with Crippen molar-refractivity contribution in [3.05, 3.63) is 70.1 Å². The Morgan fingerprint density at radius 2 is 1.77 bits per heavy atom. The molecule has 2 amide bonds. The second-order valence-electron chi connectivity index (χ2n) is 8.60. The molecule has 10 heteroatoms. The van der Waals surface area contributed by atoms with E-state index in [2.05, 4.69) is 5.32 Å². The molecule has 7 nitrogen and oxygen atoms in total. The van der Waals surface area contributed by atoms with E-state index in [0.29, 0.717) is 31.4 Å². The molecule has 1 aliphatic rings. The van der Waals surface area contributed by atoms with Crippen molar-refractivity contribution in [3.63, 3.8) is 0 Å². The van der Waals surface area contributed by atoms with Gasteiger partial charge in [-0.15, -0.1) is 0 Å². The zero-order chi connectivity index (χ0) is 25.2. The summed E-state index contributed by atoms with van der Waals surface area (Å²) in [6.07, 6.45) is -3.51. The summed E-state index contributed by atoms with van der Waals surface area (Å²) >= 11 is 0. The Kier molecular flexibility index (Phi) is 7.00. The van der Waals surface area contributed by atoms with Crippen LogP contribution in [0.3, 0.4) is 0 Å². The molecule has 0 spiro atoms. The number of rotatable bonds is 8. The SMILES string of the molecule is CCn1c(=O)n(CCC(=O)NC(CN2CCCC2=O)c2cccc(C(F)(F)F)c2)c2ccccc21. The maximum atomic E-state index is 13.3. The number of alkyl halides is 3. The van der Waals surface area contributed by atoms with Gasteiger partial charge in [-0.2, -0.15) is 13.2 Å². The number of likely N-dealkylation sites (tertiary alicyclic amines) is 1. The molecule has 3 aromatic rings. The standard InChI is InChI=1S/C25H27F3N4O3/c1-2-31-20-9-3-4-10-21(20)32(24(31)35)14-12-22(33)29-19(16-30-13-6-11-23(30)34)17-7-5-8-18(15-17)25(26,27)28/h3-5,7-10,15,19H,2,6,11-14,16H2,1H3,(H,29,33). The van der Waals surface area contributed by atoms with Gasteiger partial charge in [-0.05, 0) is 43.2 Å². The van der Waals surface area contributed by atoms with Crippen LogP contribution >= 0.6 is 0 Å². The number of nitrogens with one attached hydrogen (secondary N) is 1. The Hall–Kier alpha value is -3.56. The van der Waals surface area contributed by atoms with Crippen LogP contribution in [-0.2, 0) is 28.9 Å². The summed E-state index contributed by atoms with van der Waals surface area (Å²) in [4.78, 5) is 39.4. The largest absolute Gasteiger partial charge is 0.416 e. The van der Waals surface area contributed by atoms with Crippen LogP contribution in [0.15, 0.2) is 53.3 Å². The van der Waals surface area contributed by atoms with Gasteiger partial charge in [0, 0.05) is 39.0 Å². The summed E-state index contributed by atoms with van der Waals surface area (Å²) in [5.74, 6) is -0.505. The summed E-state index contributed by atoms with van der Waals surface area (Å²) in [5, 5.41) is 2.80. The average molecular weight is 489 g/mol. The number of para-hydroxylation sites is 2. The van der Waals surface area contributed by atoms with Gasteiger partial charge in [-0.1, -0.05) is 24.3 Å². The molecule has 2 heterocycles. The van der Waals surface area contributed by atoms with Gasteiger partial charge >= 0.3 is 11.9 Å². The molecular weight excluding hydrogens is 461 g/mol. The number of imidazole rings is 1. The van der Waals surface area contributed by atoms with E-state index in [0.717, 1.165) is 17.6 Å². The molecule has 186 valence electrons. The van der Waals surface area contributed by atoms with Crippen molar-refractivity contribution in [2.75, 3.05) is 13.1 Å². The van der Waals surface area contributed by atoms with Crippen molar-refractivity contribution in [2.45, 2.75) is 51.5 Å². The molecule has 1 N–H and O–H groups in total. The van der Waals surface area contributed by atoms with Gasteiger partial charge in [-0.25, -0.2) is 4.79 Å². The molecule has 1 aromatic heterocycles. The van der Waals surface area contributed by atoms with Crippen molar-refractivity contribution in [2.24, 2.45) is 0 Å². The molecule has 4 rings (SSSR count). The van der Waals surface area contributed by atoms with Crippen LogP contribution in [0.25, 0.3) is 11.0 Å². The number of fused-ring (bicyclic) bond motifs is 1. The van der Waals surface area contributed by atoms with Crippen molar-refractivity contribution in [3.8, 4) is 0 Å². The van der Waals surface area contributed by atoms with E-state index in [-0.39, 0.29) is 36.7 Å². The zero-order valence-corrected chi connectivity index (χ0v) is 19.3. The lowest BCUT2D eigenvalue weighted by molar-refractivity contribution is -0.137. The second kappa shape index (κ2) is 9.97. The maximum Gasteiger partial charge on any atom is 0.416 e. The number of halogens is 3. The molecule has 0 bridgehead atoms. The van der Waals surface area contributed by atoms with E-state index < -0.39 is 23.7 Å². The lowest BCUT2D eigenvalue weighted by Gasteiger charge is -2.26. The quantitative estimate of drug-likeness (QED) is 0.525. The van der Waals surface area contributed by atoms with Crippen molar-refractivity contribution >= 4 is 22.8 Å². The van der Waals surface area contributed by atoms with Crippen LogP contribution in [-0.4, -0.2) is 38.9 Å². The number of benzene rings is 2. The first kappa shape index (κ1) is 24.6. The first-order valence-corrected chi connectivity index (χ1v) is 11.6. The molecule has 2 aromatic carbocycles. The third-order valence-corrected chi connectivity index (χ3v) is 6.33. The van der Waals surface area contributed by atoms with E-state index in [4.69, 9.17) is 0 Å². The Morgan fingerprint density at radius 3 is 2.40 bits per heavy atom. The van der Waals surface area contributed by atoms with Gasteiger partial charge < -0.3 is 10.2 Å². The number of amides is 2. The van der Waals surface area contributed by atoms with Crippen LogP contribution in [0.1, 0.15) is 43.4 Å². The van der Waals surface area contributed by atoms with Crippen molar-refractivity contribution in [1.29, 1.82) is 0 Å². The molecule has 1 fully saturated rings. The molecule has 0 radical (unpaired) electrons. The minimum atomic E-state index is -4.53. The summed E-state index contributed by atoms with van der Waals surface area (Å²) in [6, 6.07) is 11.3. The van der Waals surface area contributed by atoms with E-state index in [1.54, 1.807) is 9.47 Å². The molecule has 1 unspecified atom stereocenters. The molecule has 0 saturated carbocycles.